The Bertz CT molecular complexity index is 423. The Labute approximate surface area is 196 Å². The van der Waals surface area contributed by atoms with Crippen LogP contribution in [0.1, 0.15) is 103 Å². The van der Waals surface area contributed by atoms with Crippen LogP contribution in [0.4, 0.5) is 0 Å². The Morgan fingerprint density at radius 2 is 1.00 bits per heavy atom. The first kappa shape index (κ1) is 28.1. The third-order valence-corrected chi connectivity index (χ3v) is 4.99. The maximum absolute atomic E-state index is 10.9. The molecule has 0 aromatic carbocycles. The van der Waals surface area contributed by atoms with Gasteiger partial charge in [0.2, 0.25) is 5.12 Å². The molecular weight excluding hydrogens is 367 g/mol. The molecule has 0 aliphatic heterocycles. The molecule has 0 radical (unpaired) electrons. The van der Waals surface area contributed by atoms with E-state index in [2.05, 4.69) is 0 Å². The van der Waals surface area contributed by atoms with Crippen LogP contribution >= 0.6 is 0 Å². The minimum absolute atomic E-state index is 0. The second-order valence-corrected chi connectivity index (χ2v) is 7.84. The first-order chi connectivity index (χ1) is 11.5. The Hall–Kier alpha value is 0.886. The largest absolute Gasteiger partial charge is 1.00 e. The zero-order valence-electron chi connectivity index (χ0n) is 15.8. The van der Waals surface area contributed by atoms with E-state index in [1.165, 1.54) is 57.8 Å². The van der Waals surface area contributed by atoms with Gasteiger partial charge >= 0.3 is 51.4 Å². The molecule has 0 aliphatic rings. The molecule has 0 fully saturated rings. The van der Waals surface area contributed by atoms with Gasteiger partial charge in [0.25, 0.3) is 0 Å². The van der Waals surface area contributed by atoms with E-state index in [1.807, 2.05) is 0 Å². The zero-order valence-corrected chi connectivity index (χ0v) is 19.8. The SMILES string of the molecule is O=CCCCCCCCCCCCCCCCCC(=O)S(=O)(=O)[O-].[K+]. The number of aldehydes is 1. The van der Waals surface area contributed by atoms with E-state index in [-0.39, 0.29) is 57.8 Å². The van der Waals surface area contributed by atoms with Crippen LogP contribution in [0.5, 0.6) is 0 Å². The van der Waals surface area contributed by atoms with Crippen LogP contribution in [0.25, 0.3) is 0 Å². The van der Waals surface area contributed by atoms with Crippen molar-refractivity contribution in [1.82, 2.24) is 0 Å². The van der Waals surface area contributed by atoms with Crippen molar-refractivity contribution >= 4 is 21.5 Å². The number of carbonyl (C=O) groups is 2. The third kappa shape index (κ3) is 21.0. The molecule has 0 N–H and O–H groups in total. The first-order valence-electron chi connectivity index (χ1n) is 9.41. The molecule has 0 amide bonds. The molecule has 25 heavy (non-hydrogen) atoms. The smallest absolute Gasteiger partial charge is 0.742 e. The topological polar surface area (TPSA) is 91.3 Å². The second-order valence-electron chi connectivity index (χ2n) is 6.48. The Morgan fingerprint density at radius 1 is 0.680 bits per heavy atom. The van der Waals surface area contributed by atoms with Crippen LogP contribution in [0.3, 0.4) is 0 Å². The predicted octanol–water partition coefficient (Wildman–Crippen LogP) is 1.50. The van der Waals surface area contributed by atoms with Gasteiger partial charge < -0.3 is 9.35 Å². The van der Waals surface area contributed by atoms with E-state index >= 15 is 0 Å². The molecule has 0 unspecified atom stereocenters. The van der Waals surface area contributed by atoms with Gasteiger partial charge in [-0.05, 0) is 12.8 Å². The molecule has 142 valence electrons. The van der Waals surface area contributed by atoms with Gasteiger partial charge in [-0.2, -0.15) is 0 Å². The summed E-state index contributed by atoms with van der Waals surface area (Å²) in [5.74, 6) is 0. The van der Waals surface area contributed by atoms with Crippen LogP contribution in [0.2, 0.25) is 0 Å². The van der Waals surface area contributed by atoms with Gasteiger partial charge in [-0.1, -0.05) is 77.0 Å². The van der Waals surface area contributed by atoms with Crippen molar-refractivity contribution in [1.29, 1.82) is 0 Å². The molecule has 0 bridgehead atoms. The molecule has 0 aliphatic carbocycles. The van der Waals surface area contributed by atoms with Crippen LogP contribution in [-0.4, -0.2) is 24.4 Å². The maximum Gasteiger partial charge on any atom is 1.00 e. The fourth-order valence-electron chi connectivity index (χ4n) is 2.74. The van der Waals surface area contributed by atoms with Gasteiger partial charge in [-0.25, -0.2) is 8.42 Å². The Kier molecular flexibility index (Phi) is 22.1. The van der Waals surface area contributed by atoms with E-state index in [4.69, 9.17) is 0 Å². The molecule has 0 saturated carbocycles. The van der Waals surface area contributed by atoms with Crippen molar-refractivity contribution in [2.45, 2.75) is 103 Å². The van der Waals surface area contributed by atoms with Gasteiger partial charge in [-0.3, -0.25) is 4.79 Å². The van der Waals surface area contributed by atoms with Crippen molar-refractivity contribution in [2.24, 2.45) is 0 Å². The second kappa shape index (κ2) is 19.6. The van der Waals surface area contributed by atoms with Gasteiger partial charge in [0.15, 0.2) is 10.1 Å². The summed E-state index contributed by atoms with van der Waals surface area (Å²) in [6.07, 6.45) is 17.2. The number of hydrogen-bond donors (Lipinski definition) is 0. The monoisotopic (exact) mass is 400 g/mol. The Balaban J connectivity index is 0. The van der Waals surface area contributed by atoms with Crippen LogP contribution in [0, 0.1) is 0 Å². The normalized spacial score (nSPS) is 11.1. The van der Waals surface area contributed by atoms with Crippen molar-refractivity contribution < 1.29 is 73.9 Å². The van der Waals surface area contributed by atoms with Gasteiger partial charge in [0, 0.05) is 12.8 Å². The molecular formula is C18H33KO5S. The molecule has 0 atom stereocenters. The molecule has 0 heterocycles. The average Bonchev–Trinajstić information content (AvgIpc) is 2.53. The number of hydrogen-bond acceptors (Lipinski definition) is 5. The summed E-state index contributed by atoms with van der Waals surface area (Å²) >= 11 is 0. The standard InChI is InChI=1S/C18H34O5S.K/c19-17-15-13-11-9-7-5-3-1-2-4-6-8-10-12-14-16-18(20)24(21,22)23;/h17H,1-16H2,(H,21,22,23);/q;+1/p-1. The van der Waals surface area contributed by atoms with Crippen molar-refractivity contribution in [2.75, 3.05) is 0 Å². The molecule has 0 saturated heterocycles. The minimum Gasteiger partial charge on any atom is -0.742 e. The quantitative estimate of drug-likeness (QED) is 0.160. The fourth-order valence-corrected chi connectivity index (χ4v) is 3.14. The fraction of sp³-hybridized carbons (Fsp3) is 0.889. The number of rotatable bonds is 17. The van der Waals surface area contributed by atoms with Crippen LogP contribution < -0.4 is 51.4 Å². The van der Waals surface area contributed by atoms with E-state index in [0.717, 1.165) is 32.0 Å². The van der Waals surface area contributed by atoms with Crippen molar-refractivity contribution in [3.8, 4) is 0 Å². The van der Waals surface area contributed by atoms with E-state index in [0.29, 0.717) is 12.8 Å². The van der Waals surface area contributed by atoms with Gasteiger partial charge in [0.1, 0.15) is 6.29 Å². The maximum atomic E-state index is 10.9. The summed E-state index contributed by atoms with van der Waals surface area (Å²) in [6.45, 7) is 0. The molecule has 7 heteroatoms. The first-order valence-corrected chi connectivity index (χ1v) is 10.8. The molecule has 0 aromatic rings. The summed E-state index contributed by atoms with van der Waals surface area (Å²) in [5, 5.41) is -1.17. The third-order valence-electron chi connectivity index (χ3n) is 4.23. The minimum atomic E-state index is -4.73. The zero-order chi connectivity index (χ0) is 18.1. The van der Waals surface area contributed by atoms with Crippen molar-refractivity contribution in [3.63, 3.8) is 0 Å². The number of carbonyl (C=O) groups excluding carboxylic acids is 2. The van der Waals surface area contributed by atoms with Crippen LogP contribution in [-0.2, 0) is 19.7 Å². The summed E-state index contributed by atoms with van der Waals surface area (Å²) in [6, 6.07) is 0. The van der Waals surface area contributed by atoms with Crippen molar-refractivity contribution in [3.05, 3.63) is 0 Å². The summed E-state index contributed by atoms with van der Waals surface area (Å²) in [5.41, 5.74) is 0. The summed E-state index contributed by atoms with van der Waals surface area (Å²) < 4.78 is 31.2. The number of unbranched alkanes of at least 4 members (excludes halogenated alkanes) is 14. The summed E-state index contributed by atoms with van der Waals surface area (Å²) in [4.78, 5) is 21.1. The molecule has 0 aromatic heterocycles. The van der Waals surface area contributed by atoms with Crippen LogP contribution in [0.15, 0.2) is 0 Å². The van der Waals surface area contributed by atoms with E-state index < -0.39 is 15.2 Å². The molecule has 0 spiro atoms. The average molecular weight is 401 g/mol. The molecule has 0 rings (SSSR count). The predicted molar refractivity (Wildman–Crippen MR) is 94.6 cm³/mol. The Morgan fingerprint density at radius 3 is 1.32 bits per heavy atom. The van der Waals surface area contributed by atoms with Gasteiger partial charge in [0.05, 0.1) is 0 Å². The van der Waals surface area contributed by atoms with E-state index in [9.17, 15) is 22.6 Å². The molecule has 5 nitrogen and oxygen atoms in total. The van der Waals surface area contributed by atoms with E-state index in [1.54, 1.807) is 0 Å². The van der Waals surface area contributed by atoms with Gasteiger partial charge in [-0.15, -0.1) is 0 Å². The summed E-state index contributed by atoms with van der Waals surface area (Å²) in [7, 11) is -4.73.